The summed E-state index contributed by atoms with van der Waals surface area (Å²) in [7, 11) is 0. The summed E-state index contributed by atoms with van der Waals surface area (Å²) < 4.78 is 0. The predicted molar refractivity (Wildman–Crippen MR) is 166 cm³/mol. The van der Waals surface area contributed by atoms with E-state index in [0.717, 1.165) is 41.1 Å². The van der Waals surface area contributed by atoms with Gasteiger partial charge in [0.1, 0.15) is 11.1 Å². The molecule has 9 heteroatoms. The van der Waals surface area contributed by atoms with Crippen molar-refractivity contribution in [3.8, 4) is 6.07 Å². The second-order valence-electron chi connectivity index (χ2n) is 10.7. The molecule has 1 amide bonds. The summed E-state index contributed by atoms with van der Waals surface area (Å²) in [5.41, 5.74) is 4.18. The van der Waals surface area contributed by atoms with E-state index >= 15 is 0 Å². The number of thiophene rings is 1. The first-order valence-corrected chi connectivity index (χ1v) is 15.0. The van der Waals surface area contributed by atoms with Crippen LogP contribution in [0.25, 0.3) is 0 Å². The molecule has 202 valence electrons. The number of benzene rings is 2. The van der Waals surface area contributed by atoms with Crippen LogP contribution in [0.15, 0.2) is 53.4 Å². The lowest BCUT2D eigenvalue weighted by atomic mass is 9.72. The van der Waals surface area contributed by atoms with Crippen LogP contribution < -0.4 is 16.0 Å². The number of Topliss-reactive ketones (excluding diaryl/α,β-unsaturated/α-hetero) is 1. The number of nitriles is 1. The van der Waals surface area contributed by atoms with E-state index in [1.54, 1.807) is 35.6 Å². The molecular formula is C30H32N4O2S3. The molecule has 39 heavy (non-hydrogen) atoms. The molecule has 6 nitrogen and oxygen atoms in total. The van der Waals surface area contributed by atoms with Gasteiger partial charge >= 0.3 is 0 Å². The standard InChI is InChI=1S/C30H32N4O2S3/c1-18(35)19-8-11-21(12-9-19)32-29(37)33-22-6-5-7-23(15-22)38-17-27(36)34-28-25(16-31)24-13-10-20(30(2,3)4)14-26(24)39-28/h5-9,11-12,15,20H,10,13-14,17H2,1-4H3,(H,34,36)(H2,32,33,37). The number of rotatable bonds is 7. The Morgan fingerprint density at radius 3 is 2.49 bits per heavy atom. The van der Waals surface area contributed by atoms with Crippen LogP contribution in [0.2, 0.25) is 0 Å². The molecule has 2 aromatic carbocycles. The van der Waals surface area contributed by atoms with Gasteiger partial charge in [-0.15, -0.1) is 23.1 Å². The van der Waals surface area contributed by atoms with Gasteiger partial charge in [-0.2, -0.15) is 5.26 Å². The summed E-state index contributed by atoms with van der Waals surface area (Å²) in [6.45, 7) is 8.34. The maximum absolute atomic E-state index is 12.8. The van der Waals surface area contributed by atoms with Gasteiger partial charge in [0.15, 0.2) is 10.9 Å². The molecule has 1 atom stereocenters. The summed E-state index contributed by atoms with van der Waals surface area (Å²) in [6, 6.07) is 17.1. The molecule has 3 N–H and O–H groups in total. The molecule has 1 aromatic heterocycles. The Labute approximate surface area is 243 Å². The fraction of sp³-hybridized carbons (Fsp3) is 0.333. The van der Waals surface area contributed by atoms with Crippen LogP contribution in [0.5, 0.6) is 0 Å². The van der Waals surface area contributed by atoms with Crippen molar-refractivity contribution in [1.82, 2.24) is 0 Å². The lowest BCUT2D eigenvalue weighted by molar-refractivity contribution is -0.113. The number of thioether (sulfide) groups is 1. The second-order valence-corrected chi connectivity index (χ2v) is 13.3. The van der Waals surface area contributed by atoms with Crippen molar-refractivity contribution in [2.45, 2.75) is 51.9 Å². The molecule has 0 fully saturated rings. The average molecular weight is 577 g/mol. The van der Waals surface area contributed by atoms with E-state index in [1.165, 1.54) is 23.6 Å². The average Bonchev–Trinajstić information content (AvgIpc) is 3.23. The zero-order valence-corrected chi connectivity index (χ0v) is 25.0. The third kappa shape index (κ3) is 7.47. The number of hydrogen-bond donors (Lipinski definition) is 3. The first-order chi connectivity index (χ1) is 18.5. The molecule has 0 spiro atoms. The number of anilines is 3. The Balaban J connectivity index is 1.32. The lowest BCUT2D eigenvalue weighted by Crippen LogP contribution is -2.26. The van der Waals surface area contributed by atoms with E-state index < -0.39 is 0 Å². The Kier molecular flexibility index (Phi) is 9.11. The first-order valence-electron chi connectivity index (χ1n) is 12.8. The van der Waals surface area contributed by atoms with E-state index in [4.69, 9.17) is 12.2 Å². The van der Waals surface area contributed by atoms with Crippen molar-refractivity contribution in [2.75, 3.05) is 21.7 Å². The normalized spacial score (nSPS) is 14.6. The number of hydrogen-bond acceptors (Lipinski definition) is 6. The molecule has 0 bridgehead atoms. The van der Waals surface area contributed by atoms with Crippen molar-refractivity contribution in [3.05, 3.63) is 70.1 Å². The third-order valence-corrected chi connectivity index (χ3v) is 9.23. The summed E-state index contributed by atoms with van der Waals surface area (Å²) >= 11 is 8.41. The van der Waals surface area contributed by atoms with Crippen molar-refractivity contribution >= 4 is 68.5 Å². The minimum atomic E-state index is -0.132. The van der Waals surface area contributed by atoms with Crippen LogP contribution in [0.3, 0.4) is 0 Å². The maximum atomic E-state index is 12.8. The van der Waals surface area contributed by atoms with Crippen LogP contribution in [0.4, 0.5) is 16.4 Å². The number of fused-ring (bicyclic) bond motifs is 1. The largest absolute Gasteiger partial charge is 0.332 e. The van der Waals surface area contributed by atoms with Gasteiger partial charge in [0.25, 0.3) is 0 Å². The van der Waals surface area contributed by atoms with Crippen LogP contribution in [-0.4, -0.2) is 22.6 Å². The highest BCUT2D eigenvalue weighted by Gasteiger charge is 2.32. The minimum absolute atomic E-state index is 0.0134. The number of ketones is 1. The van der Waals surface area contributed by atoms with Crippen LogP contribution in [-0.2, 0) is 17.6 Å². The molecule has 0 saturated heterocycles. The zero-order chi connectivity index (χ0) is 28.2. The van der Waals surface area contributed by atoms with Crippen molar-refractivity contribution in [3.63, 3.8) is 0 Å². The molecule has 3 aromatic rings. The molecule has 4 rings (SSSR count). The summed E-state index contributed by atoms with van der Waals surface area (Å²) in [6.07, 6.45) is 2.92. The van der Waals surface area contributed by atoms with Crippen LogP contribution in [0.1, 0.15) is 60.5 Å². The molecule has 0 aliphatic heterocycles. The van der Waals surface area contributed by atoms with Gasteiger partial charge in [0.05, 0.1) is 11.3 Å². The molecular weight excluding hydrogens is 545 g/mol. The predicted octanol–water partition coefficient (Wildman–Crippen LogP) is 7.51. The smallest absolute Gasteiger partial charge is 0.235 e. The molecule has 0 saturated carbocycles. The topological polar surface area (TPSA) is 94.0 Å². The van der Waals surface area contributed by atoms with Gasteiger partial charge in [-0.05, 0) is 97.8 Å². The molecule has 1 unspecified atom stereocenters. The van der Waals surface area contributed by atoms with E-state index in [9.17, 15) is 14.9 Å². The quantitative estimate of drug-likeness (QED) is 0.152. The van der Waals surface area contributed by atoms with Crippen molar-refractivity contribution in [2.24, 2.45) is 11.3 Å². The van der Waals surface area contributed by atoms with E-state index in [0.29, 0.717) is 27.2 Å². The van der Waals surface area contributed by atoms with Crippen LogP contribution in [0, 0.1) is 22.7 Å². The van der Waals surface area contributed by atoms with Gasteiger partial charge in [0, 0.05) is 26.7 Å². The summed E-state index contributed by atoms with van der Waals surface area (Å²) in [5, 5.41) is 20.2. The zero-order valence-electron chi connectivity index (χ0n) is 22.5. The number of thiocarbonyl (C=S) groups is 1. The molecule has 1 aliphatic carbocycles. The minimum Gasteiger partial charge on any atom is -0.332 e. The van der Waals surface area contributed by atoms with Crippen molar-refractivity contribution in [1.29, 1.82) is 5.26 Å². The summed E-state index contributed by atoms with van der Waals surface area (Å²) in [5.74, 6) is 0.684. The fourth-order valence-corrected chi connectivity index (χ4v) is 6.87. The van der Waals surface area contributed by atoms with E-state index in [1.807, 2.05) is 24.3 Å². The Hall–Kier alpha value is -3.19. The van der Waals surface area contributed by atoms with Crippen LogP contribution >= 0.6 is 35.3 Å². The van der Waals surface area contributed by atoms with Crippen molar-refractivity contribution < 1.29 is 9.59 Å². The van der Waals surface area contributed by atoms with E-state index in [2.05, 4.69) is 42.8 Å². The third-order valence-electron chi connectivity index (χ3n) is 6.87. The highest BCUT2D eigenvalue weighted by molar-refractivity contribution is 8.00. The number of carbonyl (C=O) groups is 2. The maximum Gasteiger partial charge on any atom is 0.235 e. The highest BCUT2D eigenvalue weighted by Crippen LogP contribution is 2.44. The van der Waals surface area contributed by atoms with Gasteiger partial charge in [-0.1, -0.05) is 26.8 Å². The fourth-order valence-electron chi connectivity index (χ4n) is 4.59. The van der Waals surface area contributed by atoms with Gasteiger partial charge < -0.3 is 16.0 Å². The lowest BCUT2D eigenvalue weighted by Gasteiger charge is -2.33. The Morgan fingerprint density at radius 1 is 1.10 bits per heavy atom. The Bertz CT molecular complexity index is 1430. The number of carbonyl (C=O) groups excluding carboxylic acids is 2. The second kappa shape index (κ2) is 12.3. The number of nitrogens with zero attached hydrogens (tertiary/aromatic N) is 1. The molecule has 0 radical (unpaired) electrons. The van der Waals surface area contributed by atoms with E-state index in [-0.39, 0.29) is 22.9 Å². The van der Waals surface area contributed by atoms with Gasteiger partial charge in [-0.3, -0.25) is 9.59 Å². The number of amides is 1. The number of nitrogens with one attached hydrogen (secondary N) is 3. The highest BCUT2D eigenvalue weighted by atomic mass is 32.2. The molecule has 1 aliphatic rings. The Morgan fingerprint density at radius 2 is 1.82 bits per heavy atom. The molecule has 1 heterocycles. The van der Waals surface area contributed by atoms with Gasteiger partial charge in [0.2, 0.25) is 5.91 Å². The summed E-state index contributed by atoms with van der Waals surface area (Å²) in [4.78, 5) is 26.4. The monoisotopic (exact) mass is 576 g/mol. The first kappa shape index (κ1) is 28.8. The SMILES string of the molecule is CC(=O)c1ccc(NC(=S)Nc2cccc(SCC(=O)Nc3sc4c(c3C#N)CCC(C(C)(C)C)C4)c2)cc1. The van der Waals surface area contributed by atoms with Gasteiger partial charge in [-0.25, -0.2) is 0 Å².